The first-order valence-electron chi connectivity index (χ1n) is 4.85. The van der Waals surface area contributed by atoms with E-state index in [2.05, 4.69) is 57.1 Å². The van der Waals surface area contributed by atoms with E-state index >= 15 is 0 Å². The fourth-order valence-corrected chi connectivity index (χ4v) is 2.10. The van der Waals surface area contributed by atoms with Crippen molar-refractivity contribution in [3.8, 4) is 0 Å². The van der Waals surface area contributed by atoms with Crippen molar-refractivity contribution >= 4 is 37.5 Å². The summed E-state index contributed by atoms with van der Waals surface area (Å²) in [5.41, 5.74) is 1.15. The van der Waals surface area contributed by atoms with Gasteiger partial charge in [0.25, 0.3) is 0 Å². The number of benzene rings is 1. The second-order valence-electron chi connectivity index (χ2n) is 3.46. The summed E-state index contributed by atoms with van der Waals surface area (Å²) in [5, 5.41) is 3.48. The van der Waals surface area contributed by atoms with Crippen molar-refractivity contribution in [1.82, 2.24) is 0 Å². The van der Waals surface area contributed by atoms with E-state index in [1.807, 2.05) is 12.1 Å². The smallest absolute Gasteiger partial charge is 0.0497 e. The zero-order valence-electron chi connectivity index (χ0n) is 8.48. The van der Waals surface area contributed by atoms with Crippen LogP contribution in [0.4, 0.5) is 5.69 Å². The molecule has 1 nitrogen and oxygen atoms in total. The van der Waals surface area contributed by atoms with Crippen LogP contribution in [-0.4, -0.2) is 6.04 Å². The van der Waals surface area contributed by atoms with Crippen molar-refractivity contribution in [2.24, 2.45) is 0 Å². The summed E-state index contributed by atoms with van der Waals surface area (Å²) in [7, 11) is 0. The monoisotopic (exact) mass is 319 g/mol. The van der Waals surface area contributed by atoms with Crippen LogP contribution in [0.5, 0.6) is 0 Å². The summed E-state index contributed by atoms with van der Waals surface area (Å²) in [6.45, 7) is 4.41. The highest BCUT2D eigenvalue weighted by atomic mass is 79.9. The average molecular weight is 321 g/mol. The van der Waals surface area contributed by atoms with Crippen LogP contribution < -0.4 is 5.32 Å². The minimum atomic E-state index is 0.519. The van der Waals surface area contributed by atoms with E-state index in [0.29, 0.717) is 6.04 Å². The summed E-state index contributed by atoms with van der Waals surface area (Å²) < 4.78 is 2.22. The number of anilines is 1. The molecule has 0 fully saturated rings. The number of hydrogen-bond acceptors (Lipinski definition) is 1. The maximum Gasteiger partial charge on any atom is 0.0497 e. The molecule has 0 radical (unpaired) electrons. The fraction of sp³-hybridized carbons (Fsp3) is 0.455. The number of hydrogen-bond donors (Lipinski definition) is 1. The Balaban J connectivity index is 2.70. The lowest BCUT2D eigenvalue weighted by atomic mass is 10.2. The Bertz CT molecular complexity index is 299. The van der Waals surface area contributed by atoms with Crippen LogP contribution in [-0.2, 0) is 0 Å². The minimum absolute atomic E-state index is 0.519. The largest absolute Gasteiger partial charge is 0.382 e. The van der Waals surface area contributed by atoms with Crippen molar-refractivity contribution in [1.29, 1.82) is 0 Å². The quantitative estimate of drug-likeness (QED) is 0.839. The molecule has 0 spiro atoms. The third-order valence-electron chi connectivity index (χ3n) is 2.05. The van der Waals surface area contributed by atoms with Gasteiger partial charge in [0.15, 0.2) is 0 Å². The molecule has 78 valence electrons. The van der Waals surface area contributed by atoms with E-state index in [4.69, 9.17) is 0 Å². The van der Waals surface area contributed by atoms with Crippen LogP contribution in [0.2, 0.25) is 0 Å². The van der Waals surface area contributed by atoms with Gasteiger partial charge < -0.3 is 5.32 Å². The number of rotatable bonds is 4. The molecule has 3 heteroatoms. The van der Waals surface area contributed by atoms with Gasteiger partial charge in [0.2, 0.25) is 0 Å². The lowest BCUT2D eigenvalue weighted by molar-refractivity contribution is 0.690. The molecule has 0 saturated carbocycles. The van der Waals surface area contributed by atoms with Crippen LogP contribution in [0, 0.1) is 0 Å². The average Bonchev–Trinajstić information content (AvgIpc) is 2.12. The van der Waals surface area contributed by atoms with Crippen LogP contribution >= 0.6 is 31.9 Å². The highest BCUT2D eigenvalue weighted by molar-refractivity contribution is 9.11. The maximum absolute atomic E-state index is 3.53. The Kier molecular flexibility index (Phi) is 4.96. The van der Waals surface area contributed by atoms with Crippen molar-refractivity contribution < 1.29 is 0 Å². The minimum Gasteiger partial charge on any atom is -0.382 e. The Labute approximate surface area is 103 Å². The molecule has 1 atom stereocenters. The van der Waals surface area contributed by atoms with Gasteiger partial charge in [0.05, 0.1) is 0 Å². The first-order chi connectivity index (χ1) is 6.63. The van der Waals surface area contributed by atoms with Gasteiger partial charge in [-0.15, -0.1) is 0 Å². The van der Waals surface area contributed by atoms with Gasteiger partial charge >= 0.3 is 0 Å². The van der Waals surface area contributed by atoms with Crippen LogP contribution in [0.15, 0.2) is 27.1 Å². The topological polar surface area (TPSA) is 12.0 Å². The predicted molar refractivity (Wildman–Crippen MR) is 69.8 cm³/mol. The van der Waals surface area contributed by atoms with Crippen LogP contribution in [0.25, 0.3) is 0 Å². The number of nitrogens with one attached hydrogen (secondary N) is 1. The summed E-state index contributed by atoms with van der Waals surface area (Å²) in [5.74, 6) is 0. The summed E-state index contributed by atoms with van der Waals surface area (Å²) in [4.78, 5) is 0. The first-order valence-corrected chi connectivity index (χ1v) is 6.43. The molecule has 0 amide bonds. The van der Waals surface area contributed by atoms with Crippen LogP contribution in [0.1, 0.15) is 26.7 Å². The Morgan fingerprint density at radius 2 is 2.07 bits per heavy atom. The molecule has 0 aliphatic carbocycles. The third-order valence-corrected chi connectivity index (χ3v) is 3.24. The van der Waals surface area contributed by atoms with Gasteiger partial charge in [-0.05, 0) is 47.5 Å². The zero-order valence-corrected chi connectivity index (χ0v) is 11.7. The molecule has 1 aromatic carbocycles. The fourth-order valence-electron chi connectivity index (χ4n) is 1.38. The normalized spacial score (nSPS) is 12.6. The van der Waals surface area contributed by atoms with Gasteiger partial charge in [-0.1, -0.05) is 29.3 Å². The summed E-state index contributed by atoms with van der Waals surface area (Å²) in [6.07, 6.45) is 2.40. The molecule has 0 aromatic heterocycles. The van der Waals surface area contributed by atoms with E-state index in [1.54, 1.807) is 0 Å². The third kappa shape index (κ3) is 3.62. The SMILES string of the molecule is CCCC(C)Nc1cc(Br)ccc1Br. The molecule has 1 unspecified atom stereocenters. The Morgan fingerprint density at radius 1 is 1.36 bits per heavy atom. The molecular formula is C11H15Br2N. The van der Waals surface area contributed by atoms with Gasteiger partial charge in [0.1, 0.15) is 0 Å². The van der Waals surface area contributed by atoms with Gasteiger partial charge in [-0.25, -0.2) is 0 Å². The van der Waals surface area contributed by atoms with E-state index in [1.165, 1.54) is 12.8 Å². The van der Waals surface area contributed by atoms with Gasteiger partial charge in [-0.3, -0.25) is 0 Å². The van der Waals surface area contributed by atoms with E-state index in [0.717, 1.165) is 14.6 Å². The summed E-state index contributed by atoms with van der Waals surface area (Å²) in [6, 6.07) is 6.69. The van der Waals surface area contributed by atoms with Gasteiger partial charge in [0, 0.05) is 20.7 Å². The molecule has 1 N–H and O–H groups in total. The molecule has 0 saturated heterocycles. The highest BCUT2D eigenvalue weighted by Gasteiger charge is 2.04. The van der Waals surface area contributed by atoms with Crippen LogP contribution in [0.3, 0.4) is 0 Å². The molecule has 1 aromatic rings. The van der Waals surface area contributed by atoms with E-state index in [-0.39, 0.29) is 0 Å². The second-order valence-corrected chi connectivity index (χ2v) is 5.23. The first kappa shape index (κ1) is 12.1. The van der Waals surface area contributed by atoms with Crippen molar-refractivity contribution in [3.63, 3.8) is 0 Å². The Morgan fingerprint density at radius 3 is 2.71 bits per heavy atom. The Hall–Kier alpha value is -0.0200. The molecule has 1 rings (SSSR count). The van der Waals surface area contributed by atoms with Crippen molar-refractivity contribution in [3.05, 3.63) is 27.1 Å². The summed E-state index contributed by atoms with van der Waals surface area (Å²) >= 11 is 6.99. The lowest BCUT2D eigenvalue weighted by Crippen LogP contribution is -2.14. The molecule has 0 bridgehead atoms. The van der Waals surface area contributed by atoms with E-state index < -0.39 is 0 Å². The molecule has 14 heavy (non-hydrogen) atoms. The molecule has 0 aliphatic rings. The maximum atomic E-state index is 3.53. The zero-order chi connectivity index (χ0) is 10.6. The predicted octanol–water partition coefficient (Wildman–Crippen LogP) is 4.81. The van der Waals surface area contributed by atoms with E-state index in [9.17, 15) is 0 Å². The van der Waals surface area contributed by atoms with Crippen molar-refractivity contribution in [2.45, 2.75) is 32.7 Å². The molecular weight excluding hydrogens is 306 g/mol. The second kappa shape index (κ2) is 5.76. The molecule has 0 aliphatic heterocycles. The van der Waals surface area contributed by atoms with Crippen molar-refractivity contribution in [2.75, 3.05) is 5.32 Å². The number of halogens is 2. The highest BCUT2D eigenvalue weighted by Crippen LogP contribution is 2.27. The molecule has 0 heterocycles. The standard InChI is InChI=1S/C11H15Br2N/c1-3-4-8(2)14-11-7-9(12)5-6-10(11)13/h5-8,14H,3-4H2,1-2H3. The lowest BCUT2D eigenvalue weighted by Gasteiger charge is -2.15. The van der Waals surface area contributed by atoms with Gasteiger partial charge in [-0.2, -0.15) is 0 Å².